The Morgan fingerprint density at radius 1 is 1.24 bits per heavy atom. The number of nitrogens with two attached hydrogens (primary N) is 1. The van der Waals surface area contributed by atoms with E-state index in [1.807, 2.05) is 0 Å². The van der Waals surface area contributed by atoms with Crippen LogP contribution in [0.5, 0.6) is 11.5 Å². The Morgan fingerprint density at radius 3 is 2.43 bits per heavy atom. The molecule has 1 atom stereocenters. The summed E-state index contributed by atoms with van der Waals surface area (Å²) in [7, 11) is -0.556. The third kappa shape index (κ3) is 3.14. The van der Waals surface area contributed by atoms with Crippen molar-refractivity contribution in [2.24, 2.45) is 5.73 Å². The molecule has 0 amide bonds. The van der Waals surface area contributed by atoms with E-state index in [4.69, 9.17) is 15.2 Å². The van der Waals surface area contributed by atoms with Gasteiger partial charge in [-0.25, -0.2) is 8.42 Å². The molecule has 7 heteroatoms. The summed E-state index contributed by atoms with van der Waals surface area (Å²) in [4.78, 5) is 0.245. The highest BCUT2D eigenvalue weighted by Crippen LogP contribution is 2.34. The maximum Gasteiger partial charge on any atom is 0.243 e. The first kappa shape index (κ1) is 16.1. The van der Waals surface area contributed by atoms with Gasteiger partial charge in [0.15, 0.2) is 11.5 Å². The Hall–Kier alpha value is -1.31. The average Bonchev–Trinajstić information content (AvgIpc) is 2.46. The highest BCUT2D eigenvalue weighted by atomic mass is 32.2. The zero-order chi connectivity index (χ0) is 15.6. The molecule has 2 N–H and O–H groups in total. The van der Waals surface area contributed by atoms with Gasteiger partial charge in [0.25, 0.3) is 0 Å². The van der Waals surface area contributed by atoms with E-state index in [9.17, 15) is 8.42 Å². The number of rotatable bonds is 4. The lowest BCUT2D eigenvalue weighted by Crippen LogP contribution is -2.45. The van der Waals surface area contributed by atoms with Crippen LogP contribution in [0.2, 0.25) is 0 Å². The molecule has 118 valence electrons. The second-order valence-electron chi connectivity index (χ2n) is 5.24. The Kier molecular flexibility index (Phi) is 4.75. The number of benzene rings is 1. The lowest BCUT2D eigenvalue weighted by molar-refractivity contribution is 0.315. The van der Waals surface area contributed by atoms with Gasteiger partial charge in [0, 0.05) is 25.2 Å². The van der Waals surface area contributed by atoms with Gasteiger partial charge in [-0.15, -0.1) is 0 Å². The Bertz CT molecular complexity index is 616. The van der Waals surface area contributed by atoms with Crippen LogP contribution < -0.4 is 15.2 Å². The number of hydrogen-bond acceptors (Lipinski definition) is 5. The standard InChI is InChI=1S/C14H22N2O4S/c1-10-7-12(19-2)13(20-3)8-14(10)21(17,18)16-6-4-5-11(15)9-16/h7-8,11H,4-6,9,15H2,1-3H3/t11-/m1/s1. The van der Waals surface area contributed by atoms with Crippen molar-refractivity contribution in [1.29, 1.82) is 0 Å². The molecule has 0 bridgehead atoms. The predicted octanol–water partition coefficient (Wildman–Crippen LogP) is 1.12. The van der Waals surface area contributed by atoms with Crippen molar-refractivity contribution in [3.63, 3.8) is 0 Å². The first-order chi connectivity index (χ1) is 9.90. The molecule has 1 aliphatic heterocycles. The summed E-state index contributed by atoms with van der Waals surface area (Å²) < 4.78 is 37.4. The van der Waals surface area contributed by atoms with Gasteiger partial charge >= 0.3 is 0 Å². The number of hydrogen-bond donors (Lipinski definition) is 1. The Balaban J connectivity index is 2.44. The molecule has 0 saturated carbocycles. The molecule has 0 unspecified atom stereocenters. The van der Waals surface area contributed by atoms with Crippen molar-refractivity contribution < 1.29 is 17.9 Å². The largest absolute Gasteiger partial charge is 0.493 e. The van der Waals surface area contributed by atoms with Crippen molar-refractivity contribution in [1.82, 2.24) is 4.31 Å². The van der Waals surface area contributed by atoms with Crippen LogP contribution in [0.3, 0.4) is 0 Å². The zero-order valence-electron chi connectivity index (χ0n) is 12.6. The van der Waals surface area contributed by atoms with Crippen LogP contribution in [-0.4, -0.2) is 46.1 Å². The molecule has 0 aromatic heterocycles. The van der Waals surface area contributed by atoms with Crippen LogP contribution in [0.15, 0.2) is 17.0 Å². The van der Waals surface area contributed by atoms with Gasteiger partial charge in [0.1, 0.15) is 0 Å². The number of methoxy groups -OCH3 is 2. The minimum atomic E-state index is -3.57. The normalized spacial score (nSPS) is 20.3. The van der Waals surface area contributed by atoms with Crippen molar-refractivity contribution in [3.05, 3.63) is 17.7 Å². The van der Waals surface area contributed by atoms with Crippen LogP contribution in [-0.2, 0) is 10.0 Å². The van der Waals surface area contributed by atoms with E-state index in [1.54, 1.807) is 13.0 Å². The highest BCUT2D eigenvalue weighted by molar-refractivity contribution is 7.89. The van der Waals surface area contributed by atoms with Crippen LogP contribution in [0.25, 0.3) is 0 Å². The van der Waals surface area contributed by atoms with Crippen LogP contribution in [0.1, 0.15) is 18.4 Å². The number of nitrogens with zero attached hydrogens (tertiary/aromatic N) is 1. The third-order valence-corrected chi connectivity index (χ3v) is 5.73. The van der Waals surface area contributed by atoms with E-state index in [0.717, 1.165) is 12.8 Å². The van der Waals surface area contributed by atoms with E-state index in [0.29, 0.717) is 30.2 Å². The van der Waals surface area contributed by atoms with E-state index in [1.165, 1.54) is 24.6 Å². The zero-order valence-corrected chi connectivity index (χ0v) is 13.4. The second kappa shape index (κ2) is 6.21. The smallest absolute Gasteiger partial charge is 0.243 e. The monoisotopic (exact) mass is 314 g/mol. The summed E-state index contributed by atoms with van der Waals surface area (Å²) in [5.74, 6) is 0.923. The molecule has 0 aliphatic carbocycles. The number of sulfonamides is 1. The fourth-order valence-electron chi connectivity index (χ4n) is 2.57. The van der Waals surface area contributed by atoms with Crippen LogP contribution in [0.4, 0.5) is 0 Å². The molecular formula is C14H22N2O4S. The molecule has 1 fully saturated rings. The Labute approximate surface area is 125 Å². The molecular weight excluding hydrogens is 292 g/mol. The van der Waals surface area contributed by atoms with Gasteiger partial charge in [-0.1, -0.05) is 0 Å². The molecule has 0 spiro atoms. The maximum absolute atomic E-state index is 12.8. The first-order valence-electron chi connectivity index (χ1n) is 6.88. The van der Waals surface area contributed by atoms with E-state index >= 15 is 0 Å². The summed E-state index contributed by atoms with van der Waals surface area (Å²) in [6.07, 6.45) is 1.64. The summed E-state index contributed by atoms with van der Waals surface area (Å²) in [6, 6.07) is 3.09. The topological polar surface area (TPSA) is 81.9 Å². The molecule has 1 aliphatic rings. The third-order valence-electron chi connectivity index (χ3n) is 3.72. The SMILES string of the molecule is COc1cc(C)c(S(=O)(=O)N2CCC[C@@H](N)C2)cc1OC. The molecule has 1 heterocycles. The van der Waals surface area contributed by atoms with E-state index < -0.39 is 10.0 Å². The fraction of sp³-hybridized carbons (Fsp3) is 0.571. The second-order valence-corrected chi connectivity index (χ2v) is 7.14. The molecule has 0 radical (unpaired) electrons. The summed E-state index contributed by atoms with van der Waals surface area (Å²) in [6.45, 7) is 2.61. The quantitative estimate of drug-likeness (QED) is 0.901. The van der Waals surface area contributed by atoms with Gasteiger partial charge in [0.05, 0.1) is 19.1 Å². The molecule has 1 aromatic carbocycles. The summed E-state index contributed by atoms with van der Waals surface area (Å²) >= 11 is 0. The average molecular weight is 314 g/mol. The van der Waals surface area contributed by atoms with Crippen molar-refractivity contribution in [2.75, 3.05) is 27.3 Å². The van der Waals surface area contributed by atoms with Gasteiger partial charge < -0.3 is 15.2 Å². The maximum atomic E-state index is 12.8. The minimum absolute atomic E-state index is 0.103. The van der Waals surface area contributed by atoms with Gasteiger partial charge in [-0.05, 0) is 31.4 Å². The fourth-order valence-corrected chi connectivity index (χ4v) is 4.33. The van der Waals surface area contributed by atoms with Crippen molar-refractivity contribution in [3.8, 4) is 11.5 Å². The van der Waals surface area contributed by atoms with E-state index in [2.05, 4.69) is 0 Å². The number of aryl methyl sites for hydroxylation is 1. The van der Waals surface area contributed by atoms with E-state index in [-0.39, 0.29) is 10.9 Å². The van der Waals surface area contributed by atoms with Crippen LogP contribution >= 0.6 is 0 Å². The van der Waals surface area contributed by atoms with Crippen molar-refractivity contribution in [2.45, 2.75) is 30.7 Å². The number of ether oxygens (including phenoxy) is 2. The first-order valence-corrected chi connectivity index (χ1v) is 8.32. The van der Waals surface area contributed by atoms with Gasteiger partial charge in [0.2, 0.25) is 10.0 Å². The molecule has 2 rings (SSSR count). The van der Waals surface area contributed by atoms with Gasteiger partial charge in [-0.2, -0.15) is 4.31 Å². The lowest BCUT2D eigenvalue weighted by Gasteiger charge is -2.30. The van der Waals surface area contributed by atoms with Crippen LogP contribution in [0, 0.1) is 6.92 Å². The van der Waals surface area contributed by atoms with Crippen molar-refractivity contribution >= 4 is 10.0 Å². The lowest BCUT2D eigenvalue weighted by atomic mass is 10.1. The molecule has 1 aromatic rings. The highest BCUT2D eigenvalue weighted by Gasteiger charge is 2.31. The molecule has 1 saturated heterocycles. The number of piperidine rings is 1. The molecule has 6 nitrogen and oxygen atoms in total. The summed E-state index contributed by atoms with van der Waals surface area (Å²) in [5, 5.41) is 0. The molecule has 21 heavy (non-hydrogen) atoms. The van der Waals surface area contributed by atoms with Gasteiger partial charge in [-0.3, -0.25) is 0 Å². The minimum Gasteiger partial charge on any atom is -0.493 e. The predicted molar refractivity (Wildman–Crippen MR) is 80.3 cm³/mol. The summed E-state index contributed by atoms with van der Waals surface area (Å²) in [5.41, 5.74) is 6.52. The Morgan fingerprint density at radius 2 is 1.86 bits per heavy atom.